The van der Waals surface area contributed by atoms with Crippen LogP contribution in [-0.2, 0) is 11.3 Å². The van der Waals surface area contributed by atoms with Crippen molar-refractivity contribution in [3.05, 3.63) is 68.7 Å². The third-order valence-electron chi connectivity index (χ3n) is 5.03. The molecule has 1 N–H and O–H groups in total. The van der Waals surface area contributed by atoms with Crippen molar-refractivity contribution in [1.82, 2.24) is 14.5 Å². The van der Waals surface area contributed by atoms with E-state index in [-0.39, 0.29) is 11.5 Å². The van der Waals surface area contributed by atoms with Crippen molar-refractivity contribution in [2.24, 2.45) is 0 Å². The molecule has 1 amide bonds. The van der Waals surface area contributed by atoms with Crippen molar-refractivity contribution in [1.29, 1.82) is 0 Å². The van der Waals surface area contributed by atoms with Gasteiger partial charge in [-0.15, -0.1) is 0 Å². The Bertz CT molecular complexity index is 1160. The lowest BCUT2D eigenvalue weighted by Gasteiger charge is -2.26. The number of fused-ring (bicyclic) bond motifs is 1. The van der Waals surface area contributed by atoms with Crippen molar-refractivity contribution >= 4 is 29.0 Å². The van der Waals surface area contributed by atoms with Crippen LogP contribution in [0.1, 0.15) is 15.9 Å². The first-order valence-corrected chi connectivity index (χ1v) is 9.74. The van der Waals surface area contributed by atoms with Crippen LogP contribution in [0.3, 0.4) is 0 Å². The van der Waals surface area contributed by atoms with E-state index in [0.717, 1.165) is 11.3 Å². The zero-order valence-electron chi connectivity index (χ0n) is 16.0. The minimum atomic E-state index is -0.190. The van der Waals surface area contributed by atoms with E-state index in [2.05, 4.69) is 4.98 Å². The minimum Gasteiger partial charge on any atom is -0.497 e. The number of amides is 1. The first-order valence-electron chi connectivity index (χ1n) is 9.33. The lowest BCUT2D eigenvalue weighted by atomic mass is 10.1. The van der Waals surface area contributed by atoms with E-state index < -0.39 is 0 Å². The number of nitrogens with one attached hydrogen (secondary N) is 1. The maximum Gasteiger partial charge on any atom is 0.262 e. The standard InChI is InChI=1S/C21H21N3O4S/c1-27-16-5-2-14(3-6-16)13-24-20(26)17-7-4-15(12-18(17)22-21(24)29)19(25)23-8-10-28-11-9-23/h2-7,12H,8-11,13H2,1H3,(H,22,29). The van der Waals surface area contributed by atoms with Crippen LogP contribution in [0.4, 0.5) is 0 Å². The van der Waals surface area contributed by atoms with Crippen molar-refractivity contribution in [3.8, 4) is 5.75 Å². The van der Waals surface area contributed by atoms with E-state index in [9.17, 15) is 9.59 Å². The number of methoxy groups -OCH3 is 1. The van der Waals surface area contributed by atoms with Gasteiger partial charge < -0.3 is 19.4 Å². The van der Waals surface area contributed by atoms with Gasteiger partial charge in [-0.2, -0.15) is 0 Å². The zero-order valence-corrected chi connectivity index (χ0v) is 16.8. The van der Waals surface area contributed by atoms with E-state index in [0.29, 0.717) is 54.1 Å². The van der Waals surface area contributed by atoms with E-state index in [1.165, 1.54) is 4.57 Å². The van der Waals surface area contributed by atoms with Crippen LogP contribution >= 0.6 is 12.2 Å². The number of aromatic amines is 1. The molecule has 0 saturated carbocycles. The molecule has 1 saturated heterocycles. The summed E-state index contributed by atoms with van der Waals surface area (Å²) in [6, 6.07) is 12.6. The predicted octanol–water partition coefficient (Wildman–Crippen LogP) is 2.59. The molecule has 0 spiro atoms. The van der Waals surface area contributed by atoms with E-state index in [4.69, 9.17) is 21.7 Å². The molecule has 29 heavy (non-hydrogen) atoms. The number of ether oxygens (including phenoxy) is 2. The highest BCUT2D eigenvalue weighted by Gasteiger charge is 2.19. The fraction of sp³-hybridized carbons (Fsp3) is 0.286. The number of rotatable bonds is 4. The van der Waals surface area contributed by atoms with Crippen LogP contribution in [0.25, 0.3) is 10.9 Å². The molecule has 0 atom stereocenters. The Balaban J connectivity index is 1.67. The largest absolute Gasteiger partial charge is 0.497 e. The number of carbonyl (C=O) groups is 1. The van der Waals surface area contributed by atoms with Crippen LogP contribution < -0.4 is 10.3 Å². The fourth-order valence-electron chi connectivity index (χ4n) is 3.39. The normalized spacial score (nSPS) is 14.2. The minimum absolute atomic E-state index is 0.0723. The number of morpholine rings is 1. The van der Waals surface area contributed by atoms with Gasteiger partial charge in [0.25, 0.3) is 11.5 Å². The van der Waals surface area contributed by atoms with Gasteiger partial charge in [0.05, 0.1) is 37.8 Å². The number of H-pyrrole nitrogens is 1. The van der Waals surface area contributed by atoms with E-state index in [1.807, 2.05) is 24.3 Å². The van der Waals surface area contributed by atoms with Crippen LogP contribution in [0, 0.1) is 4.77 Å². The summed E-state index contributed by atoms with van der Waals surface area (Å²) in [7, 11) is 1.61. The molecule has 7 nitrogen and oxygen atoms in total. The number of benzene rings is 2. The van der Waals surface area contributed by atoms with Gasteiger partial charge in [-0.25, -0.2) is 0 Å². The highest BCUT2D eigenvalue weighted by Crippen LogP contribution is 2.15. The Kier molecular flexibility index (Phi) is 5.46. The quantitative estimate of drug-likeness (QED) is 0.668. The summed E-state index contributed by atoms with van der Waals surface area (Å²) in [5.41, 5.74) is 1.83. The first kappa shape index (κ1) is 19.4. The van der Waals surface area contributed by atoms with Crippen LogP contribution in [-0.4, -0.2) is 53.8 Å². The molecule has 4 rings (SSSR count). The number of carbonyl (C=O) groups excluding carboxylic acids is 1. The Morgan fingerprint density at radius 3 is 2.59 bits per heavy atom. The molecule has 2 aromatic carbocycles. The van der Waals surface area contributed by atoms with Crippen molar-refractivity contribution in [2.75, 3.05) is 33.4 Å². The molecule has 3 aromatic rings. The highest BCUT2D eigenvalue weighted by atomic mass is 32.1. The molecule has 0 unspecified atom stereocenters. The molecule has 2 heterocycles. The van der Waals surface area contributed by atoms with Crippen LogP contribution in [0.2, 0.25) is 0 Å². The van der Waals surface area contributed by atoms with E-state index in [1.54, 1.807) is 30.2 Å². The van der Waals surface area contributed by atoms with E-state index >= 15 is 0 Å². The lowest BCUT2D eigenvalue weighted by molar-refractivity contribution is 0.0303. The third-order valence-corrected chi connectivity index (χ3v) is 5.35. The molecule has 150 valence electrons. The molecule has 8 heteroatoms. The second kappa shape index (κ2) is 8.18. The summed E-state index contributed by atoms with van der Waals surface area (Å²) in [6.07, 6.45) is 0. The summed E-state index contributed by atoms with van der Waals surface area (Å²) in [5, 5.41) is 0.491. The molecular weight excluding hydrogens is 390 g/mol. The topological polar surface area (TPSA) is 76.6 Å². The number of aromatic nitrogens is 2. The summed E-state index contributed by atoms with van der Waals surface area (Å²) in [6.45, 7) is 2.56. The Hall–Kier alpha value is -2.97. The van der Waals surface area contributed by atoms with Crippen LogP contribution in [0.15, 0.2) is 47.3 Å². The monoisotopic (exact) mass is 411 g/mol. The highest BCUT2D eigenvalue weighted by molar-refractivity contribution is 7.71. The van der Waals surface area contributed by atoms with Crippen molar-refractivity contribution in [3.63, 3.8) is 0 Å². The maximum absolute atomic E-state index is 13.0. The van der Waals surface area contributed by atoms with Gasteiger partial charge in [-0.05, 0) is 48.1 Å². The Labute approximate surface area is 172 Å². The summed E-state index contributed by atoms with van der Waals surface area (Å²) < 4.78 is 12.3. The molecule has 1 fully saturated rings. The molecule has 0 aliphatic carbocycles. The van der Waals surface area contributed by atoms with Gasteiger partial charge in [0, 0.05) is 18.7 Å². The van der Waals surface area contributed by atoms with Gasteiger partial charge in [-0.1, -0.05) is 12.1 Å². The van der Waals surface area contributed by atoms with Gasteiger partial charge in [0.15, 0.2) is 4.77 Å². The van der Waals surface area contributed by atoms with Crippen molar-refractivity contribution in [2.45, 2.75) is 6.54 Å². The molecule has 1 aromatic heterocycles. The average Bonchev–Trinajstić information content (AvgIpc) is 2.76. The lowest BCUT2D eigenvalue weighted by Crippen LogP contribution is -2.40. The second-order valence-electron chi connectivity index (χ2n) is 6.83. The second-order valence-corrected chi connectivity index (χ2v) is 7.22. The maximum atomic E-state index is 13.0. The fourth-order valence-corrected chi connectivity index (χ4v) is 3.65. The smallest absolute Gasteiger partial charge is 0.262 e. The summed E-state index contributed by atoms with van der Waals surface area (Å²) in [4.78, 5) is 30.6. The molecular formula is C21H21N3O4S. The number of nitrogens with zero attached hydrogens (tertiary/aromatic N) is 2. The summed E-state index contributed by atoms with van der Waals surface area (Å²) in [5.74, 6) is 0.680. The molecule has 0 bridgehead atoms. The third kappa shape index (κ3) is 3.94. The van der Waals surface area contributed by atoms with Crippen LogP contribution in [0.5, 0.6) is 5.75 Å². The Morgan fingerprint density at radius 2 is 1.90 bits per heavy atom. The van der Waals surface area contributed by atoms with Gasteiger partial charge in [0.2, 0.25) is 0 Å². The number of hydrogen-bond donors (Lipinski definition) is 1. The van der Waals surface area contributed by atoms with Crippen molar-refractivity contribution < 1.29 is 14.3 Å². The van der Waals surface area contributed by atoms with Gasteiger partial charge in [-0.3, -0.25) is 14.2 Å². The Morgan fingerprint density at radius 1 is 1.17 bits per heavy atom. The average molecular weight is 411 g/mol. The number of hydrogen-bond acceptors (Lipinski definition) is 5. The molecule has 1 aliphatic heterocycles. The summed E-state index contributed by atoms with van der Waals surface area (Å²) >= 11 is 5.42. The SMILES string of the molecule is COc1ccc(Cn2c(=S)[nH]c3cc(C(=O)N4CCOCC4)ccc3c2=O)cc1. The molecule has 1 aliphatic rings. The first-order chi connectivity index (χ1) is 14.1. The zero-order chi connectivity index (χ0) is 20.4. The van der Waals surface area contributed by atoms with Gasteiger partial charge in [0.1, 0.15) is 5.75 Å². The molecule has 0 radical (unpaired) electrons. The predicted molar refractivity (Wildman–Crippen MR) is 112 cm³/mol. The van der Waals surface area contributed by atoms with Gasteiger partial charge >= 0.3 is 0 Å².